The molecular formula is C7H10Cl3NO2. The third kappa shape index (κ3) is 2.40. The van der Waals surface area contributed by atoms with Crippen LogP contribution < -0.4 is 5.32 Å². The molecule has 1 saturated heterocycles. The van der Waals surface area contributed by atoms with Gasteiger partial charge in [0.2, 0.25) is 3.79 Å². The number of hydrogen-bond acceptors (Lipinski definition) is 2. The summed E-state index contributed by atoms with van der Waals surface area (Å²) in [5, 5.41) is 2.62. The molecule has 6 heteroatoms. The predicted octanol–water partition coefficient (Wildman–Crippen LogP) is 2.00. The van der Waals surface area contributed by atoms with Gasteiger partial charge in [-0.1, -0.05) is 41.7 Å². The third-order valence-electron chi connectivity index (χ3n) is 1.98. The van der Waals surface area contributed by atoms with Crippen LogP contribution in [-0.2, 0) is 9.53 Å². The first kappa shape index (κ1) is 11.4. The Morgan fingerprint density at radius 3 is 2.38 bits per heavy atom. The summed E-state index contributed by atoms with van der Waals surface area (Å²) >= 11 is 16.7. The summed E-state index contributed by atoms with van der Waals surface area (Å²) in [7, 11) is 0. The molecule has 1 amide bonds. The van der Waals surface area contributed by atoms with Gasteiger partial charge >= 0.3 is 0 Å². The molecule has 0 radical (unpaired) electrons. The highest BCUT2D eigenvalue weighted by atomic mass is 35.6. The van der Waals surface area contributed by atoms with E-state index in [1.54, 1.807) is 6.92 Å². The van der Waals surface area contributed by atoms with E-state index in [1.165, 1.54) is 0 Å². The number of ether oxygens (including phenoxy) is 1. The van der Waals surface area contributed by atoms with E-state index in [0.717, 1.165) is 0 Å². The van der Waals surface area contributed by atoms with E-state index >= 15 is 0 Å². The van der Waals surface area contributed by atoms with Crippen LogP contribution >= 0.6 is 34.8 Å². The summed E-state index contributed by atoms with van der Waals surface area (Å²) in [4.78, 5) is 11.3. The van der Waals surface area contributed by atoms with Crippen molar-refractivity contribution in [2.75, 3.05) is 0 Å². The molecule has 0 saturated carbocycles. The van der Waals surface area contributed by atoms with Gasteiger partial charge in [-0.15, -0.1) is 0 Å². The summed E-state index contributed by atoms with van der Waals surface area (Å²) in [6.45, 7) is 3.61. The van der Waals surface area contributed by atoms with Crippen molar-refractivity contribution < 1.29 is 9.53 Å². The summed E-state index contributed by atoms with van der Waals surface area (Å²) < 4.78 is 3.61. The second-order valence-corrected chi connectivity index (χ2v) is 5.48. The van der Waals surface area contributed by atoms with Gasteiger partial charge in [0, 0.05) is 0 Å². The van der Waals surface area contributed by atoms with Gasteiger partial charge in [-0.05, 0) is 13.3 Å². The maximum Gasteiger partial charge on any atom is 0.255 e. The minimum absolute atomic E-state index is 0.385. The van der Waals surface area contributed by atoms with E-state index in [2.05, 4.69) is 5.32 Å². The van der Waals surface area contributed by atoms with Crippen LogP contribution in [-0.4, -0.2) is 21.5 Å². The van der Waals surface area contributed by atoms with Crippen LogP contribution in [0.15, 0.2) is 0 Å². The molecule has 3 nitrogen and oxygen atoms in total. The van der Waals surface area contributed by atoms with Gasteiger partial charge < -0.3 is 10.1 Å². The zero-order valence-electron chi connectivity index (χ0n) is 7.23. The number of carbonyl (C=O) groups excluding carboxylic acids is 1. The molecule has 2 atom stereocenters. The Morgan fingerprint density at radius 1 is 1.62 bits per heavy atom. The molecule has 1 N–H and O–H groups in total. The Bertz CT molecular complexity index is 228. The summed E-state index contributed by atoms with van der Waals surface area (Å²) in [5.74, 6) is -0.385. The van der Waals surface area contributed by atoms with Crippen molar-refractivity contribution in [2.45, 2.75) is 35.9 Å². The number of rotatable bonds is 1. The minimum Gasteiger partial charge on any atom is -0.338 e. The second kappa shape index (κ2) is 3.46. The van der Waals surface area contributed by atoms with Gasteiger partial charge in [0.25, 0.3) is 5.91 Å². The molecule has 0 aromatic carbocycles. The van der Waals surface area contributed by atoms with Crippen LogP contribution in [0.1, 0.15) is 20.3 Å². The van der Waals surface area contributed by atoms with E-state index in [9.17, 15) is 4.79 Å². The quantitative estimate of drug-likeness (QED) is 0.719. The Morgan fingerprint density at radius 2 is 2.15 bits per heavy atom. The molecule has 0 spiro atoms. The smallest absolute Gasteiger partial charge is 0.255 e. The van der Waals surface area contributed by atoms with Crippen LogP contribution in [0.2, 0.25) is 0 Å². The van der Waals surface area contributed by atoms with Gasteiger partial charge in [-0.2, -0.15) is 0 Å². The second-order valence-electron chi connectivity index (χ2n) is 3.11. The third-order valence-corrected chi connectivity index (χ3v) is 2.57. The molecule has 0 aromatic rings. The maximum absolute atomic E-state index is 11.3. The van der Waals surface area contributed by atoms with Crippen LogP contribution in [0.3, 0.4) is 0 Å². The molecule has 1 aliphatic rings. The number of nitrogens with one attached hydrogen (secondary N) is 1. The van der Waals surface area contributed by atoms with E-state index in [-0.39, 0.29) is 5.91 Å². The highest BCUT2D eigenvalue weighted by Crippen LogP contribution is 2.37. The number of halogens is 3. The first-order valence-electron chi connectivity index (χ1n) is 3.85. The lowest BCUT2D eigenvalue weighted by Gasteiger charge is -2.23. The SMILES string of the molecule is CC[C@]1(C)NC(=O)[C@@H](C(Cl)(Cl)Cl)O1. The zero-order chi connectivity index (χ0) is 10.3. The van der Waals surface area contributed by atoms with Crippen molar-refractivity contribution in [1.82, 2.24) is 5.32 Å². The first-order chi connectivity index (χ1) is 5.78. The van der Waals surface area contributed by atoms with Gasteiger partial charge in [-0.25, -0.2) is 0 Å². The van der Waals surface area contributed by atoms with Crippen molar-refractivity contribution >= 4 is 40.7 Å². The van der Waals surface area contributed by atoms with Crippen molar-refractivity contribution in [3.63, 3.8) is 0 Å². The molecule has 13 heavy (non-hydrogen) atoms. The summed E-state index contributed by atoms with van der Waals surface area (Å²) in [5.41, 5.74) is -0.717. The Kier molecular flexibility index (Phi) is 3.03. The largest absolute Gasteiger partial charge is 0.338 e. The average molecular weight is 247 g/mol. The lowest BCUT2D eigenvalue weighted by molar-refractivity contribution is -0.123. The lowest BCUT2D eigenvalue weighted by atomic mass is 10.2. The monoisotopic (exact) mass is 245 g/mol. The molecule has 0 unspecified atom stereocenters. The van der Waals surface area contributed by atoms with Gasteiger partial charge in [0.1, 0.15) is 5.72 Å². The van der Waals surface area contributed by atoms with Crippen LogP contribution in [0, 0.1) is 0 Å². The zero-order valence-corrected chi connectivity index (χ0v) is 9.50. The molecule has 76 valence electrons. The van der Waals surface area contributed by atoms with Crippen molar-refractivity contribution in [3.05, 3.63) is 0 Å². The van der Waals surface area contributed by atoms with Crippen LogP contribution in [0.25, 0.3) is 0 Å². The number of amides is 1. The number of alkyl halides is 3. The van der Waals surface area contributed by atoms with Crippen molar-refractivity contribution in [2.24, 2.45) is 0 Å². The van der Waals surface area contributed by atoms with Gasteiger partial charge in [0.05, 0.1) is 0 Å². The van der Waals surface area contributed by atoms with E-state index in [4.69, 9.17) is 39.5 Å². The molecule has 1 aliphatic heterocycles. The highest BCUT2D eigenvalue weighted by Gasteiger charge is 2.50. The van der Waals surface area contributed by atoms with Crippen LogP contribution in [0.4, 0.5) is 0 Å². The Hall–Kier alpha value is 0.300. The maximum atomic E-state index is 11.3. The normalized spacial score (nSPS) is 34.8. The molecule has 1 fully saturated rings. The average Bonchev–Trinajstić information content (AvgIpc) is 2.27. The lowest BCUT2D eigenvalue weighted by Crippen LogP contribution is -2.38. The fourth-order valence-corrected chi connectivity index (χ4v) is 1.49. The Balaban J connectivity index is 2.79. The molecule has 1 rings (SSSR count). The Labute approximate surface area is 91.7 Å². The van der Waals surface area contributed by atoms with Crippen molar-refractivity contribution in [1.29, 1.82) is 0 Å². The summed E-state index contributed by atoms with van der Waals surface area (Å²) in [6, 6.07) is 0. The van der Waals surface area contributed by atoms with E-state index in [0.29, 0.717) is 6.42 Å². The minimum atomic E-state index is -1.71. The number of carbonyl (C=O) groups is 1. The topological polar surface area (TPSA) is 38.3 Å². The van der Waals surface area contributed by atoms with Crippen LogP contribution in [0.5, 0.6) is 0 Å². The molecule has 1 heterocycles. The van der Waals surface area contributed by atoms with Gasteiger partial charge in [-0.3, -0.25) is 4.79 Å². The molecular weight excluding hydrogens is 236 g/mol. The standard InChI is InChI=1S/C7H10Cl3NO2/c1-3-6(2)11-5(12)4(13-6)7(8,9)10/h4H,3H2,1-2H3,(H,11,12)/t4-,6+/m0/s1. The molecule has 0 aromatic heterocycles. The molecule has 0 aliphatic carbocycles. The van der Waals surface area contributed by atoms with E-state index in [1.807, 2.05) is 6.92 Å². The predicted molar refractivity (Wildman–Crippen MR) is 52.0 cm³/mol. The molecule has 0 bridgehead atoms. The first-order valence-corrected chi connectivity index (χ1v) is 4.98. The van der Waals surface area contributed by atoms with Crippen molar-refractivity contribution in [3.8, 4) is 0 Å². The van der Waals surface area contributed by atoms with Gasteiger partial charge in [0.15, 0.2) is 6.10 Å². The number of hydrogen-bond donors (Lipinski definition) is 1. The fraction of sp³-hybridized carbons (Fsp3) is 0.857. The van der Waals surface area contributed by atoms with E-state index < -0.39 is 15.6 Å². The fourth-order valence-electron chi connectivity index (χ4n) is 1.06. The highest BCUT2D eigenvalue weighted by molar-refractivity contribution is 6.68. The summed E-state index contributed by atoms with van der Waals surface area (Å²) in [6.07, 6.45) is -0.404.